The second-order valence-corrected chi connectivity index (χ2v) is 6.39. The highest BCUT2D eigenvalue weighted by molar-refractivity contribution is 5.76. The lowest BCUT2D eigenvalue weighted by atomic mass is 10.0. The first kappa shape index (κ1) is 16.2. The van der Waals surface area contributed by atoms with Crippen molar-refractivity contribution in [3.63, 3.8) is 0 Å². The lowest BCUT2D eigenvalue weighted by Gasteiger charge is -2.37. The van der Waals surface area contributed by atoms with E-state index in [0.717, 1.165) is 11.3 Å². The average Bonchev–Trinajstić information content (AvgIpc) is 3.26. The molecule has 1 aromatic heterocycles. The molecule has 7 heteroatoms. The van der Waals surface area contributed by atoms with Gasteiger partial charge in [-0.3, -0.25) is 9.48 Å². The zero-order valence-corrected chi connectivity index (χ0v) is 13.9. The van der Waals surface area contributed by atoms with E-state index in [9.17, 15) is 9.18 Å². The number of hydrogen-bond acceptors (Lipinski definition) is 4. The first-order valence-corrected chi connectivity index (χ1v) is 8.49. The van der Waals surface area contributed by atoms with Gasteiger partial charge in [-0.1, -0.05) is 0 Å². The Bertz CT molecular complexity index is 743. The third kappa shape index (κ3) is 3.43. The average molecular weight is 345 g/mol. The number of amides is 1. The second-order valence-electron chi connectivity index (χ2n) is 6.39. The van der Waals surface area contributed by atoms with Crippen molar-refractivity contribution in [2.75, 3.05) is 26.3 Å². The maximum atomic E-state index is 13.0. The summed E-state index contributed by atoms with van der Waals surface area (Å²) < 4.78 is 26.0. The number of likely N-dealkylation sites (tertiary alicyclic amines) is 1. The van der Waals surface area contributed by atoms with Crippen LogP contribution in [-0.2, 0) is 20.8 Å². The van der Waals surface area contributed by atoms with Crippen LogP contribution in [0.25, 0.3) is 11.3 Å². The Morgan fingerprint density at radius 2 is 1.80 bits per heavy atom. The smallest absolute Gasteiger partial charge is 0.244 e. The largest absolute Gasteiger partial charge is 0.347 e. The van der Waals surface area contributed by atoms with E-state index in [1.54, 1.807) is 23.0 Å². The van der Waals surface area contributed by atoms with Crippen LogP contribution in [0.2, 0.25) is 0 Å². The van der Waals surface area contributed by atoms with Gasteiger partial charge in [0.25, 0.3) is 0 Å². The Balaban J connectivity index is 1.36. The summed E-state index contributed by atoms with van der Waals surface area (Å²) in [5, 5.41) is 4.41. The first-order valence-electron chi connectivity index (χ1n) is 8.49. The minimum Gasteiger partial charge on any atom is -0.347 e. The van der Waals surface area contributed by atoms with E-state index >= 15 is 0 Å². The standard InChI is InChI=1S/C18H20FN3O3/c19-15-3-1-14(2-4-15)16-5-8-22(20-16)13-17(23)21-9-6-18(7-10-21)24-11-12-25-18/h1-5,8H,6-7,9-13H2. The van der Waals surface area contributed by atoms with Crippen molar-refractivity contribution in [1.29, 1.82) is 0 Å². The summed E-state index contributed by atoms with van der Waals surface area (Å²) in [6.07, 6.45) is 3.18. The van der Waals surface area contributed by atoms with E-state index in [-0.39, 0.29) is 18.3 Å². The summed E-state index contributed by atoms with van der Waals surface area (Å²) in [7, 11) is 0. The van der Waals surface area contributed by atoms with Gasteiger partial charge in [0, 0.05) is 37.7 Å². The van der Waals surface area contributed by atoms with Crippen molar-refractivity contribution in [2.45, 2.75) is 25.2 Å². The van der Waals surface area contributed by atoms with Crippen LogP contribution in [-0.4, -0.2) is 52.7 Å². The number of benzene rings is 1. The number of ether oxygens (including phenoxy) is 2. The number of nitrogens with zero attached hydrogens (tertiary/aromatic N) is 3. The summed E-state index contributed by atoms with van der Waals surface area (Å²) >= 11 is 0. The monoisotopic (exact) mass is 345 g/mol. The van der Waals surface area contributed by atoms with Crippen LogP contribution in [0, 0.1) is 5.82 Å². The fourth-order valence-corrected chi connectivity index (χ4v) is 3.35. The van der Waals surface area contributed by atoms with E-state index in [2.05, 4.69) is 5.10 Å². The lowest BCUT2D eigenvalue weighted by molar-refractivity contribution is -0.187. The molecule has 0 N–H and O–H groups in total. The highest BCUT2D eigenvalue weighted by Gasteiger charge is 2.40. The van der Waals surface area contributed by atoms with Crippen LogP contribution in [0.15, 0.2) is 36.5 Å². The van der Waals surface area contributed by atoms with E-state index in [1.807, 2.05) is 11.0 Å². The van der Waals surface area contributed by atoms with Gasteiger partial charge in [-0.15, -0.1) is 0 Å². The van der Waals surface area contributed by atoms with Gasteiger partial charge in [-0.2, -0.15) is 5.10 Å². The quantitative estimate of drug-likeness (QED) is 0.854. The molecule has 1 spiro atoms. The molecule has 6 nitrogen and oxygen atoms in total. The summed E-state index contributed by atoms with van der Waals surface area (Å²) in [6.45, 7) is 2.71. The molecule has 1 amide bonds. The highest BCUT2D eigenvalue weighted by atomic mass is 19.1. The molecule has 0 unspecified atom stereocenters. The molecule has 2 aliphatic rings. The summed E-state index contributed by atoms with van der Waals surface area (Å²) in [6, 6.07) is 7.98. The topological polar surface area (TPSA) is 56.6 Å². The normalized spacial score (nSPS) is 19.5. The van der Waals surface area contributed by atoms with Gasteiger partial charge < -0.3 is 14.4 Å². The zero-order chi connectivity index (χ0) is 17.3. The fraction of sp³-hybridized carbons (Fsp3) is 0.444. The molecule has 2 aliphatic heterocycles. The van der Waals surface area contributed by atoms with Crippen LogP contribution < -0.4 is 0 Å². The Morgan fingerprint density at radius 3 is 2.48 bits per heavy atom. The number of piperidine rings is 1. The molecule has 2 saturated heterocycles. The van der Waals surface area contributed by atoms with Gasteiger partial charge in [0.1, 0.15) is 12.4 Å². The van der Waals surface area contributed by atoms with Gasteiger partial charge in [0.15, 0.2) is 5.79 Å². The molecule has 0 bridgehead atoms. The van der Waals surface area contributed by atoms with E-state index in [1.165, 1.54) is 12.1 Å². The van der Waals surface area contributed by atoms with Crippen molar-refractivity contribution >= 4 is 5.91 Å². The van der Waals surface area contributed by atoms with Gasteiger partial charge in [0.2, 0.25) is 5.91 Å². The number of aromatic nitrogens is 2. The summed E-state index contributed by atoms with van der Waals surface area (Å²) in [4.78, 5) is 14.3. The molecule has 25 heavy (non-hydrogen) atoms. The minimum atomic E-state index is -0.474. The third-order valence-electron chi connectivity index (χ3n) is 4.77. The molecular formula is C18H20FN3O3. The molecule has 4 rings (SSSR count). The third-order valence-corrected chi connectivity index (χ3v) is 4.77. The Labute approximate surface area is 145 Å². The molecule has 2 fully saturated rings. The van der Waals surface area contributed by atoms with Crippen molar-refractivity contribution in [1.82, 2.24) is 14.7 Å². The molecule has 132 valence electrons. The molecule has 2 aromatic rings. The van der Waals surface area contributed by atoms with Crippen molar-refractivity contribution in [2.24, 2.45) is 0 Å². The second kappa shape index (κ2) is 6.57. The van der Waals surface area contributed by atoms with Gasteiger partial charge in [-0.05, 0) is 30.3 Å². The predicted octanol–water partition coefficient (Wildman–Crippen LogP) is 2.05. The van der Waals surface area contributed by atoms with E-state index in [4.69, 9.17) is 9.47 Å². The number of halogens is 1. The minimum absolute atomic E-state index is 0.0293. The van der Waals surface area contributed by atoms with E-state index < -0.39 is 5.79 Å². The van der Waals surface area contributed by atoms with Crippen molar-refractivity contribution < 1.29 is 18.7 Å². The van der Waals surface area contributed by atoms with Crippen molar-refractivity contribution in [3.8, 4) is 11.3 Å². The number of rotatable bonds is 3. The summed E-state index contributed by atoms with van der Waals surface area (Å²) in [5.74, 6) is -0.726. The fourth-order valence-electron chi connectivity index (χ4n) is 3.35. The number of carbonyl (C=O) groups is 1. The highest BCUT2D eigenvalue weighted by Crippen LogP contribution is 2.31. The van der Waals surface area contributed by atoms with E-state index in [0.29, 0.717) is 39.1 Å². The Morgan fingerprint density at radius 1 is 1.12 bits per heavy atom. The Hall–Kier alpha value is -2.25. The molecule has 3 heterocycles. The maximum Gasteiger partial charge on any atom is 0.244 e. The molecular weight excluding hydrogens is 325 g/mol. The van der Waals surface area contributed by atoms with Crippen LogP contribution in [0.3, 0.4) is 0 Å². The number of hydrogen-bond donors (Lipinski definition) is 0. The lowest BCUT2D eigenvalue weighted by Crippen LogP contribution is -2.48. The molecule has 0 radical (unpaired) electrons. The Kier molecular flexibility index (Phi) is 4.27. The van der Waals surface area contributed by atoms with Crippen molar-refractivity contribution in [3.05, 3.63) is 42.3 Å². The molecule has 0 aliphatic carbocycles. The molecule has 0 atom stereocenters. The SMILES string of the molecule is O=C(Cn1ccc(-c2ccc(F)cc2)n1)N1CCC2(CC1)OCCO2. The van der Waals surface area contributed by atoms with Gasteiger partial charge in [0.05, 0.1) is 18.9 Å². The number of carbonyl (C=O) groups excluding carboxylic acids is 1. The molecule has 0 saturated carbocycles. The van der Waals surface area contributed by atoms with Crippen LogP contribution in [0.1, 0.15) is 12.8 Å². The summed E-state index contributed by atoms with van der Waals surface area (Å²) in [5.41, 5.74) is 1.54. The van der Waals surface area contributed by atoms with Gasteiger partial charge >= 0.3 is 0 Å². The molecule has 1 aromatic carbocycles. The zero-order valence-electron chi connectivity index (χ0n) is 13.9. The van der Waals surface area contributed by atoms with Crippen LogP contribution in [0.4, 0.5) is 4.39 Å². The van der Waals surface area contributed by atoms with Crippen LogP contribution >= 0.6 is 0 Å². The van der Waals surface area contributed by atoms with Gasteiger partial charge in [-0.25, -0.2) is 4.39 Å². The first-order chi connectivity index (χ1) is 12.1. The predicted molar refractivity (Wildman–Crippen MR) is 88.1 cm³/mol. The van der Waals surface area contributed by atoms with Crippen LogP contribution in [0.5, 0.6) is 0 Å². The maximum absolute atomic E-state index is 13.0.